The number of rotatable bonds is 3. The standard InChI is InChI=1S/C17H33N5O3S/c1-17(18)6-4-3-5-15(17)16(23)20-9-13-22(14-10-20)26(24,25)21-11-7-19(2)8-12-21/h15H,3-14,18H2,1-2H3. The molecule has 0 aromatic heterocycles. The Morgan fingerprint density at radius 3 is 2.04 bits per heavy atom. The van der Waals surface area contributed by atoms with Crippen molar-refractivity contribution in [1.29, 1.82) is 0 Å². The zero-order valence-corrected chi connectivity index (χ0v) is 16.9. The van der Waals surface area contributed by atoms with E-state index in [1.807, 2.05) is 18.9 Å². The third kappa shape index (κ3) is 4.06. The zero-order chi connectivity index (χ0) is 18.9. The molecule has 2 N–H and O–H groups in total. The quantitative estimate of drug-likeness (QED) is 0.707. The normalized spacial score (nSPS) is 33.3. The summed E-state index contributed by atoms with van der Waals surface area (Å²) in [6.07, 6.45) is 3.83. The molecule has 26 heavy (non-hydrogen) atoms. The van der Waals surface area contributed by atoms with E-state index >= 15 is 0 Å². The SMILES string of the molecule is CN1CCN(S(=O)(=O)N2CCN(C(=O)C3CCCCC3(C)N)CC2)CC1. The topological polar surface area (TPSA) is 90.2 Å². The van der Waals surface area contributed by atoms with Crippen LogP contribution in [-0.4, -0.2) is 97.7 Å². The largest absolute Gasteiger partial charge is 0.340 e. The molecule has 150 valence electrons. The van der Waals surface area contributed by atoms with Gasteiger partial charge in [0, 0.05) is 57.9 Å². The van der Waals surface area contributed by atoms with Gasteiger partial charge >= 0.3 is 0 Å². The van der Waals surface area contributed by atoms with Gasteiger partial charge < -0.3 is 15.5 Å². The third-order valence-corrected chi connectivity index (χ3v) is 8.25. The Hall–Kier alpha value is -0.740. The molecule has 0 bridgehead atoms. The second-order valence-electron chi connectivity index (χ2n) is 8.24. The van der Waals surface area contributed by atoms with Gasteiger partial charge in [0.15, 0.2) is 0 Å². The van der Waals surface area contributed by atoms with Gasteiger partial charge in [0.1, 0.15) is 0 Å². The van der Waals surface area contributed by atoms with Gasteiger partial charge in [-0.25, -0.2) is 0 Å². The third-order valence-electron chi connectivity index (χ3n) is 6.22. The van der Waals surface area contributed by atoms with Crippen LogP contribution >= 0.6 is 0 Å². The summed E-state index contributed by atoms with van der Waals surface area (Å²) in [5.41, 5.74) is 5.92. The maximum Gasteiger partial charge on any atom is 0.282 e. The number of carbonyl (C=O) groups is 1. The molecule has 2 aliphatic heterocycles. The predicted molar refractivity (Wildman–Crippen MR) is 101 cm³/mol. The van der Waals surface area contributed by atoms with Crippen molar-refractivity contribution in [2.45, 2.75) is 38.1 Å². The molecule has 1 saturated carbocycles. The van der Waals surface area contributed by atoms with Crippen molar-refractivity contribution in [3.63, 3.8) is 0 Å². The smallest absolute Gasteiger partial charge is 0.282 e. The molecule has 2 atom stereocenters. The van der Waals surface area contributed by atoms with E-state index in [1.165, 1.54) is 4.31 Å². The molecule has 2 unspecified atom stereocenters. The van der Waals surface area contributed by atoms with Crippen LogP contribution in [0.4, 0.5) is 0 Å². The average molecular weight is 388 g/mol. The van der Waals surface area contributed by atoms with Crippen molar-refractivity contribution < 1.29 is 13.2 Å². The lowest BCUT2D eigenvalue weighted by Crippen LogP contribution is -2.60. The van der Waals surface area contributed by atoms with Crippen molar-refractivity contribution in [2.75, 3.05) is 59.4 Å². The first kappa shape index (κ1) is 20.0. The Morgan fingerprint density at radius 1 is 0.962 bits per heavy atom. The summed E-state index contributed by atoms with van der Waals surface area (Å²) in [5.74, 6) is -0.0385. The van der Waals surface area contributed by atoms with Gasteiger partial charge in [-0.15, -0.1) is 0 Å². The van der Waals surface area contributed by atoms with E-state index in [-0.39, 0.29) is 11.8 Å². The Balaban J connectivity index is 1.57. The maximum absolute atomic E-state index is 12.9. The minimum absolute atomic E-state index is 0.103. The highest BCUT2D eigenvalue weighted by molar-refractivity contribution is 7.86. The fraction of sp³-hybridized carbons (Fsp3) is 0.941. The number of hydrogen-bond acceptors (Lipinski definition) is 5. The molecular weight excluding hydrogens is 354 g/mol. The first-order valence-electron chi connectivity index (χ1n) is 9.73. The van der Waals surface area contributed by atoms with E-state index in [0.717, 1.165) is 38.8 Å². The van der Waals surface area contributed by atoms with Crippen LogP contribution in [0.5, 0.6) is 0 Å². The monoisotopic (exact) mass is 387 g/mol. The first-order chi connectivity index (χ1) is 12.2. The Labute approximate surface area is 157 Å². The van der Waals surface area contributed by atoms with E-state index in [4.69, 9.17) is 5.73 Å². The summed E-state index contributed by atoms with van der Waals surface area (Å²) >= 11 is 0. The zero-order valence-electron chi connectivity index (χ0n) is 16.1. The van der Waals surface area contributed by atoms with Crippen molar-refractivity contribution in [1.82, 2.24) is 18.4 Å². The van der Waals surface area contributed by atoms with Crippen molar-refractivity contribution >= 4 is 16.1 Å². The average Bonchev–Trinajstić information content (AvgIpc) is 2.61. The minimum Gasteiger partial charge on any atom is -0.340 e. The molecular formula is C17H33N5O3S. The van der Waals surface area contributed by atoms with E-state index in [2.05, 4.69) is 4.90 Å². The molecule has 1 amide bonds. The molecule has 3 aliphatic rings. The number of amides is 1. The molecule has 3 rings (SSSR count). The van der Waals surface area contributed by atoms with Gasteiger partial charge in [-0.05, 0) is 26.8 Å². The molecule has 9 heteroatoms. The number of piperazine rings is 2. The Kier molecular flexibility index (Phi) is 5.93. The van der Waals surface area contributed by atoms with Crippen LogP contribution in [0.3, 0.4) is 0 Å². The lowest BCUT2D eigenvalue weighted by atomic mass is 9.74. The summed E-state index contributed by atoms with van der Waals surface area (Å²) in [6.45, 7) is 6.21. The number of carbonyl (C=O) groups excluding carboxylic acids is 1. The lowest BCUT2D eigenvalue weighted by molar-refractivity contribution is -0.140. The second kappa shape index (κ2) is 7.71. The summed E-state index contributed by atoms with van der Waals surface area (Å²) in [4.78, 5) is 16.9. The van der Waals surface area contributed by atoms with Crippen LogP contribution in [0.15, 0.2) is 0 Å². The number of hydrogen-bond donors (Lipinski definition) is 1. The highest BCUT2D eigenvalue weighted by Crippen LogP contribution is 2.33. The van der Waals surface area contributed by atoms with Crippen LogP contribution in [0.2, 0.25) is 0 Å². The van der Waals surface area contributed by atoms with Crippen LogP contribution < -0.4 is 5.73 Å². The van der Waals surface area contributed by atoms with E-state index in [9.17, 15) is 13.2 Å². The van der Waals surface area contributed by atoms with Gasteiger partial charge in [0.2, 0.25) is 5.91 Å². The predicted octanol–water partition coefficient (Wildman–Crippen LogP) is -0.470. The summed E-state index contributed by atoms with van der Waals surface area (Å²) in [5, 5.41) is 0. The lowest BCUT2D eigenvalue weighted by Gasteiger charge is -2.43. The fourth-order valence-electron chi connectivity index (χ4n) is 4.31. The summed E-state index contributed by atoms with van der Waals surface area (Å²) in [7, 11) is -1.42. The van der Waals surface area contributed by atoms with Crippen LogP contribution in [0.25, 0.3) is 0 Å². The van der Waals surface area contributed by atoms with Gasteiger partial charge in [-0.3, -0.25) is 4.79 Å². The van der Waals surface area contributed by atoms with Crippen molar-refractivity contribution in [2.24, 2.45) is 11.7 Å². The molecule has 3 fully saturated rings. The molecule has 1 aliphatic carbocycles. The van der Waals surface area contributed by atoms with Crippen LogP contribution in [-0.2, 0) is 15.0 Å². The van der Waals surface area contributed by atoms with Crippen LogP contribution in [0, 0.1) is 5.92 Å². The number of nitrogens with zero attached hydrogens (tertiary/aromatic N) is 4. The van der Waals surface area contributed by atoms with Crippen LogP contribution in [0.1, 0.15) is 32.6 Å². The van der Waals surface area contributed by atoms with Gasteiger partial charge in [-0.2, -0.15) is 17.0 Å². The summed E-state index contributed by atoms with van der Waals surface area (Å²) in [6, 6.07) is 0. The molecule has 0 aromatic rings. The molecule has 0 aromatic carbocycles. The molecule has 2 heterocycles. The van der Waals surface area contributed by atoms with Crippen molar-refractivity contribution in [3.8, 4) is 0 Å². The highest BCUT2D eigenvalue weighted by Gasteiger charge is 2.41. The second-order valence-corrected chi connectivity index (χ2v) is 10.2. The van der Waals surface area contributed by atoms with E-state index in [1.54, 1.807) is 4.31 Å². The van der Waals surface area contributed by atoms with Gasteiger partial charge in [0.05, 0.1) is 5.92 Å². The summed E-state index contributed by atoms with van der Waals surface area (Å²) < 4.78 is 28.8. The molecule has 8 nitrogen and oxygen atoms in total. The van der Waals surface area contributed by atoms with E-state index in [0.29, 0.717) is 39.3 Å². The fourth-order valence-corrected chi connectivity index (χ4v) is 5.88. The molecule has 2 saturated heterocycles. The number of nitrogens with two attached hydrogens (primary N) is 1. The van der Waals surface area contributed by atoms with Crippen molar-refractivity contribution in [3.05, 3.63) is 0 Å². The van der Waals surface area contributed by atoms with Gasteiger partial charge in [-0.1, -0.05) is 12.8 Å². The highest BCUT2D eigenvalue weighted by atomic mass is 32.2. The number of likely N-dealkylation sites (N-methyl/N-ethyl adjacent to an activating group) is 1. The first-order valence-corrected chi connectivity index (χ1v) is 11.1. The van der Waals surface area contributed by atoms with E-state index < -0.39 is 15.7 Å². The Bertz CT molecular complexity index is 608. The Morgan fingerprint density at radius 2 is 1.50 bits per heavy atom. The minimum atomic E-state index is -3.43. The molecule has 0 spiro atoms. The van der Waals surface area contributed by atoms with Gasteiger partial charge in [0.25, 0.3) is 10.2 Å². The molecule has 0 radical (unpaired) electrons. The maximum atomic E-state index is 12.9.